The number of ether oxygens (including phenoxy) is 1. The molecule has 0 saturated heterocycles. The molecular weight excluding hydrogens is 140 g/mol. The molecule has 0 heterocycles. The van der Waals surface area contributed by atoms with Crippen LogP contribution in [0.5, 0.6) is 0 Å². The van der Waals surface area contributed by atoms with Crippen molar-refractivity contribution < 1.29 is 9.53 Å². The molecule has 0 radical (unpaired) electrons. The lowest BCUT2D eigenvalue weighted by Crippen LogP contribution is -1.91. The summed E-state index contributed by atoms with van der Waals surface area (Å²) in [5.74, 6) is 0. The third kappa shape index (κ3) is 6.58. The zero-order valence-corrected chi connectivity index (χ0v) is 6.62. The van der Waals surface area contributed by atoms with E-state index < -0.39 is 0 Å². The first kappa shape index (κ1) is 9.69. The van der Waals surface area contributed by atoms with Crippen LogP contribution < -0.4 is 0 Å². The van der Waals surface area contributed by atoms with Crippen LogP contribution in [-0.4, -0.2) is 13.1 Å². The van der Waals surface area contributed by atoms with Gasteiger partial charge in [0, 0.05) is 0 Å². The van der Waals surface area contributed by atoms with Gasteiger partial charge in [0.1, 0.15) is 6.61 Å². The van der Waals surface area contributed by atoms with Gasteiger partial charge < -0.3 is 4.74 Å². The summed E-state index contributed by atoms with van der Waals surface area (Å²) in [5, 5.41) is 0. The van der Waals surface area contributed by atoms with Crippen LogP contribution in [0.15, 0.2) is 36.5 Å². The molecule has 0 aromatic heterocycles. The highest BCUT2D eigenvalue weighted by Gasteiger charge is 1.84. The molecule has 0 amide bonds. The maximum atomic E-state index is 9.76. The van der Waals surface area contributed by atoms with E-state index in [4.69, 9.17) is 0 Å². The van der Waals surface area contributed by atoms with Crippen molar-refractivity contribution >= 4 is 6.47 Å². The molecule has 0 aromatic rings. The highest BCUT2D eigenvalue weighted by Crippen LogP contribution is 1.92. The second kappa shape index (κ2) is 6.81. The second-order valence-electron chi connectivity index (χ2n) is 2.04. The average molecular weight is 152 g/mol. The lowest BCUT2D eigenvalue weighted by molar-refractivity contribution is -0.127. The van der Waals surface area contributed by atoms with Gasteiger partial charge in [-0.15, -0.1) is 0 Å². The van der Waals surface area contributed by atoms with E-state index in [0.29, 0.717) is 13.1 Å². The molecule has 0 spiro atoms. The van der Waals surface area contributed by atoms with E-state index >= 15 is 0 Å². The molecule has 0 saturated carbocycles. The monoisotopic (exact) mass is 152 g/mol. The van der Waals surface area contributed by atoms with Gasteiger partial charge in [0.2, 0.25) is 0 Å². The van der Waals surface area contributed by atoms with E-state index in [9.17, 15) is 4.79 Å². The summed E-state index contributed by atoms with van der Waals surface area (Å²) >= 11 is 0. The van der Waals surface area contributed by atoms with E-state index in [1.807, 2.05) is 25.2 Å². The molecule has 0 bridgehead atoms. The smallest absolute Gasteiger partial charge is 0.293 e. The first-order valence-electron chi connectivity index (χ1n) is 3.31. The Morgan fingerprint density at radius 2 is 2.27 bits per heavy atom. The van der Waals surface area contributed by atoms with Crippen LogP contribution in [0.25, 0.3) is 0 Å². The molecule has 2 heteroatoms. The fourth-order valence-corrected chi connectivity index (χ4v) is 0.512. The van der Waals surface area contributed by atoms with E-state index in [0.717, 1.165) is 5.57 Å². The van der Waals surface area contributed by atoms with Crippen LogP contribution >= 0.6 is 0 Å². The van der Waals surface area contributed by atoms with E-state index in [1.54, 1.807) is 6.08 Å². The average Bonchev–Trinajstić information content (AvgIpc) is 2.01. The van der Waals surface area contributed by atoms with Gasteiger partial charge >= 0.3 is 0 Å². The van der Waals surface area contributed by atoms with Crippen molar-refractivity contribution in [3.8, 4) is 0 Å². The third-order valence-corrected chi connectivity index (χ3v) is 1.01. The van der Waals surface area contributed by atoms with Crippen molar-refractivity contribution in [3.63, 3.8) is 0 Å². The number of carbonyl (C=O) groups excluding carboxylic acids is 1. The molecular formula is C9H12O2. The van der Waals surface area contributed by atoms with Crippen molar-refractivity contribution in [3.05, 3.63) is 36.5 Å². The molecule has 0 aliphatic carbocycles. The van der Waals surface area contributed by atoms with Crippen LogP contribution in [0.2, 0.25) is 0 Å². The van der Waals surface area contributed by atoms with Crippen molar-refractivity contribution in [1.82, 2.24) is 0 Å². The minimum absolute atomic E-state index is 0.352. The number of hydrogen-bond donors (Lipinski definition) is 0. The third-order valence-electron chi connectivity index (χ3n) is 1.01. The fraction of sp³-hybridized carbons (Fsp3) is 0.222. The molecule has 0 atom stereocenters. The first-order chi connectivity index (χ1) is 5.31. The molecule has 0 unspecified atom stereocenters. The Morgan fingerprint density at radius 3 is 2.82 bits per heavy atom. The van der Waals surface area contributed by atoms with Gasteiger partial charge in [-0.25, -0.2) is 0 Å². The Bertz CT molecular complexity index is 178. The van der Waals surface area contributed by atoms with E-state index in [-0.39, 0.29) is 0 Å². The maximum Gasteiger partial charge on any atom is 0.293 e. The van der Waals surface area contributed by atoms with Crippen LogP contribution in [-0.2, 0) is 9.53 Å². The molecule has 0 fully saturated rings. The predicted octanol–water partition coefficient (Wildman–Crippen LogP) is 1.85. The van der Waals surface area contributed by atoms with Gasteiger partial charge in [-0.3, -0.25) is 4.79 Å². The maximum absolute atomic E-state index is 9.76. The lowest BCUT2D eigenvalue weighted by atomic mass is 10.3. The molecule has 0 rings (SSSR count). The molecule has 0 aliphatic rings. The molecule has 0 N–H and O–H groups in total. The number of rotatable bonds is 5. The second-order valence-corrected chi connectivity index (χ2v) is 2.04. The molecule has 0 aliphatic heterocycles. The Morgan fingerprint density at radius 1 is 1.55 bits per heavy atom. The lowest BCUT2D eigenvalue weighted by Gasteiger charge is -1.95. The minimum atomic E-state index is 0.352. The number of carbonyl (C=O) groups is 1. The van der Waals surface area contributed by atoms with Gasteiger partial charge in [-0.1, -0.05) is 30.9 Å². The molecule has 11 heavy (non-hydrogen) atoms. The zero-order chi connectivity index (χ0) is 8.53. The summed E-state index contributed by atoms with van der Waals surface area (Å²) in [5.41, 5.74) is 0.996. The number of allylic oxidation sites excluding steroid dienone is 4. The van der Waals surface area contributed by atoms with Crippen molar-refractivity contribution in [2.75, 3.05) is 6.61 Å². The fourth-order valence-electron chi connectivity index (χ4n) is 0.512. The van der Waals surface area contributed by atoms with Gasteiger partial charge in [-0.05, 0) is 12.5 Å². The largest absolute Gasteiger partial charge is 0.463 e. The van der Waals surface area contributed by atoms with E-state index in [2.05, 4.69) is 11.3 Å². The first-order valence-corrected chi connectivity index (χ1v) is 3.31. The van der Waals surface area contributed by atoms with Gasteiger partial charge in [-0.2, -0.15) is 0 Å². The highest BCUT2D eigenvalue weighted by molar-refractivity contribution is 5.37. The van der Waals surface area contributed by atoms with Crippen LogP contribution in [0, 0.1) is 0 Å². The molecule has 2 nitrogen and oxygen atoms in total. The standard InChI is InChI=1S/C9H12O2/c1-3-4-5-6-9(2)7-11-8-10/h3-6,8H,1,7H2,2H3/b5-4-,9-6+. The topological polar surface area (TPSA) is 26.3 Å². The summed E-state index contributed by atoms with van der Waals surface area (Å²) in [6.45, 7) is 6.19. The molecule has 60 valence electrons. The summed E-state index contributed by atoms with van der Waals surface area (Å²) < 4.78 is 4.52. The summed E-state index contributed by atoms with van der Waals surface area (Å²) in [6.07, 6.45) is 7.20. The van der Waals surface area contributed by atoms with Gasteiger partial charge in [0.05, 0.1) is 0 Å². The quantitative estimate of drug-likeness (QED) is 0.444. The highest BCUT2D eigenvalue weighted by atomic mass is 16.5. The summed E-state index contributed by atoms with van der Waals surface area (Å²) in [4.78, 5) is 9.76. The zero-order valence-electron chi connectivity index (χ0n) is 6.62. The van der Waals surface area contributed by atoms with Crippen molar-refractivity contribution in [1.29, 1.82) is 0 Å². The van der Waals surface area contributed by atoms with Crippen molar-refractivity contribution in [2.24, 2.45) is 0 Å². The Balaban J connectivity index is 3.70. The van der Waals surface area contributed by atoms with E-state index in [1.165, 1.54) is 0 Å². The summed E-state index contributed by atoms with van der Waals surface area (Å²) in [7, 11) is 0. The predicted molar refractivity (Wildman–Crippen MR) is 45.1 cm³/mol. The SMILES string of the molecule is C=C/C=C\C=C(/C)COC=O. The number of hydrogen-bond acceptors (Lipinski definition) is 2. The van der Waals surface area contributed by atoms with Gasteiger partial charge in [0.25, 0.3) is 6.47 Å². The molecule has 0 aromatic carbocycles. The van der Waals surface area contributed by atoms with Crippen LogP contribution in [0.4, 0.5) is 0 Å². The normalized spacial score (nSPS) is 11.5. The van der Waals surface area contributed by atoms with Crippen LogP contribution in [0.3, 0.4) is 0 Å². The minimum Gasteiger partial charge on any atom is -0.463 e. The Kier molecular flexibility index (Phi) is 5.99. The Labute approximate surface area is 66.9 Å². The Hall–Kier alpha value is -1.31. The van der Waals surface area contributed by atoms with Crippen molar-refractivity contribution in [2.45, 2.75) is 6.92 Å². The summed E-state index contributed by atoms with van der Waals surface area (Å²) in [6, 6.07) is 0. The van der Waals surface area contributed by atoms with Crippen LogP contribution in [0.1, 0.15) is 6.92 Å². The van der Waals surface area contributed by atoms with Gasteiger partial charge in [0.15, 0.2) is 0 Å².